The van der Waals surface area contributed by atoms with Gasteiger partial charge in [0, 0.05) is 10.7 Å². The number of nitrogens with one attached hydrogen (secondary N) is 1. The first-order valence-corrected chi connectivity index (χ1v) is 6.76. The van der Waals surface area contributed by atoms with Crippen LogP contribution in [0, 0.1) is 0 Å². The lowest BCUT2D eigenvalue weighted by atomic mass is 9.99. The van der Waals surface area contributed by atoms with Crippen molar-refractivity contribution in [1.29, 1.82) is 0 Å². The van der Waals surface area contributed by atoms with Gasteiger partial charge in [0.25, 0.3) is 0 Å². The predicted octanol–water partition coefficient (Wildman–Crippen LogP) is 3.19. The number of hydrogen-bond donors (Lipinski definition) is 1. The molecule has 2 heterocycles. The Labute approximate surface area is 110 Å². The fourth-order valence-electron chi connectivity index (χ4n) is 2.01. The normalized spacial score (nSPS) is 17.2. The summed E-state index contributed by atoms with van der Waals surface area (Å²) in [5.74, 6) is 0. The molecule has 3 nitrogen and oxygen atoms in total. The van der Waals surface area contributed by atoms with Crippen LogP contribution >= 0.6 is 15.9 Å². The minimum Gasteiger partial charge on any atom is -0.501 e. The lowest BCUT2D eigenvalue weighted by Gasteiger charge is -2.24. The molecule has 0 radical (unpaired) electrons. The van der Waals surface area contributed by atoms with Gasteiger partial charge in [-0.3, -0.25) is 4.98 Å². The topological polar surface area (TPSA) is 34.1 Å². The summed E-state index contributed by atoms with van der Waals surface area (Å²) in [6.45, 7) is 3.84. The number of nitrogens with zero attached hydrogens (tertiary/aromatic N) is 1. The molecule has 17 heavy (non-hydrogen) atoms. The Morgan fingerprint density at radius 1 is 1.59 bits per heavy atom. The molecule has 0 bridgehead atoms. The molecule has 1 aliphatic rings. The lowest BCUT2D eigenvalue weighted by Crippen LogP contribution is -2.25. The van der Waals surface area contributed by atoms with Gasteiger partial charge in [-0.15, -0.1) is 0 Å². The van der Waals surface area contributed by atoms with Gasteiger partial charge in [0.05, 0.1) is 24.6 Å². The van der Waals surface area contributed by atoms with Crippen LogP contribution in [-0.4, -0.2) is 18.1 Å². The molecule has 1 aromatic heterocycles. The molecule has 1 aromatic rings. The van der Waals surface area contributed by atoms with Crippen molar-refractivity contribution in [3.8, 4) is 0 Å². The summed E-state index contributed by atoms with van der Waals surface area (Å²) >= 11 is 3.56. The Bertz CT molecular complexity index is 406. The highest BCUT2D eigenvalue weighted by Gasteiger charge is 2.21. The number of likely N-dealkylation sites (N-methyl/N-ethyl adjacent to an activating group) is 1. The molecule has 0 spiro atoms. The van der Waals surface area contributed by atoms with E-state index in [0.717, 1.165) is 36.2 Å². The number of aromatic nitrogens is 1. The number of halogens is 1. The Hall–Kier alpha value is -0.870. The van der Waals surface area contributed by atoms with Crippen LogP contribution in [0.25, 0.3) is 0 Å². The van der Waals surface area contributed by atoms with Crippen LogP contribution in [-0.2, 0) is 4.74 Å². The minimum absolute atomic E-state index is 0.149. The Morgan fingerprint density at radius 2 is 2.47 bits per heavy atom. The van der Waals surface area contributed by atoms with Crippen LogP contribution in [0.15, 0.2) is 34.6 Å². The molecule has 0 saturated heterocycles. The maximum absolute atomic E-state index is 5.43. The summed E-state index contributed by atoms with van der Waals surface area (Å²) in [6.07, 6.45) is 5.87. The molecule has 2 rings (SSSR count). The van der Waals surface area contributed by atoms with E-state index in [9.17, 15) is 0 Å². The van der Waals surface area contributed by atoms with Crippen LogP contribution in [0.3, 0.4) is 0 Å². The molecule has 0 saturated carbocycles. The highest BCUT2D eigenvalue weighted by Crippen LogP contribution is 2.30. The summed E-state index contributed by atoms with van der Waals surface area (Å²) in [7, 11) is 0. The highest BCUT2D eigenvalue weighted by atomic mass is 79.9. The molecule has 92 valence electrons. The van der Waals surface area contributed by atoms with E-state index in [4.69, 9.17) is 4.74 Å². The van der Waals surface area contributed by atoms with Crippen molar-refractivity contribution in [3.63, 3.8) is 0 Å². The molecular weight excluding hydrogens is 280 g/mol. The first-order valence-electron chi connectivity index (χ1n) is 5.97. The quantitative estimate of drug-likeness (QED) is 0.926. The number of ether oxygens (including phenoxy) is 1. The summed E-state index contributed by atoms with van der Waals surface area (Å²) in [5, 5.41) is 3.47. The van der Waals surface area contributed by atoms with E-state index in [1.807, 2.05) is 24.6 Å². The first-order chi connectivity index (χ1) is 8.33. The smallest absolute Gasteiger partial charge is 0.0876 e. The highest BCUT2D eigenvalue weighted by molar-refractivity contribution is 9.10. The summed E-state index contributed by atoms with van der Waals surface area (Å²) < 4.78 is 6.46. The van der Waals surface area contributed by atoms with E-state index in [2.05, 4.69) is 33.2 Å². The van der Waals surface area contributed by atoms with Gasteiger partial charge in [0.1, 0.15) is 0 Å². The summed E-state index contributed by atoms with van der Waals surface area (Å²) in [5.41, 5.74) is 2.31. The van der Waals surface area contributed by atoms with Gasteiger partial charge in [-0.1, -0.05) is 6.92 Å². The average molecular weight is 297 g/mol. The van der Waals surface area contributed by atoms with E-state index >= 15 is 0 Å². The third-order valence-corrected chi connectivity index (χ3v) is 3.47. The predicted molar refractivity (Wildman–Crippen MR) is 71.6 cm³/mol. The zero-order valence-corrected chi connectivity index (χ0v) is 11.5. The second-order valence-electron chi connectivity index (χ2n) is 4.03. The van der Waals surface area contributed by atoms with Crippen LogP contribution in [0.4, 0.5) is 0 Å². The zero-order chi connectivity index (χ0) is 12.1. The summed E-state index contributed by atoms with van der Waals surface area (Å²) in [6, 6.07) is 4.11. The zero-order valence-electron chi connectivity index (χ0n) is 9.95. The molecule has 1 aliphatic heterocycles. The Balaban J connectivity index is 2.28. The van der Waals surface area contributed by atoms with Gasteiger partial charge in [0.15, 0.2) is 0 Å². The van der Waals surface area contributed by atoms with Crippen molar-refractivity contribution < 1.29 is 4.74 Å². The maximum atomic E-state index is 5.43. The fraction of sp³-hybridized carbons (Fsp3) is 0.462. The Kier molecular flexibility index (Phi) is 4.57. The average Bonchev–Trinajstić information content (AvgIpc) is 2.38. The van der Waals surface area contributed by atoms with Crippen molar-refractivity contribution in [2.75, 3.05) is 13.2 Å². The fourth-order valence-corrected chi connectivity index (χ4v) is 2.50. The minimum atomic E-state index is 0.149. The van der Waals surface area contributed by atoms with E-state index < -0.39 is 0 Å². The van der Waals surface area contributed by atoms with Gasteiger partial charge in [-0.2, -0.15) is 0 Å². The lowest BCUT2D eigenvalue weighted by molar-refractivity contribution is 0.219. The van der Waals surface area contributed by atoms with Gasteiger partial charge >= 0.3 is 0 Å². The number of hydrogen-bond acceptors (Lipinski definition) is 3. The van der Waals surface area contributed by atoms with Crippen LogP contribution in [0.2, 0.25) is 0 Å². The van der Waals surface area contributed by atoms with Crippen LogP contribution in [0.1, 0.15) is 31.5 Å². The second-order valence-corrected chi connectivity index (χ2v) is 4.88. The van der Waals surface area contributed by atoms with E-state index in [1.54, 1.807) is 0 Å². The first kappa shape index (κ1) is 12.6. The molecule has 4 heteroatoms. The van der Waals surface area contributed by atoms with Crippen LogP contribution in [0.5, 0.6) is 0 Å². The second kappa shape index (κ2) is 6.17. The van der Waals surface area contributed by atoms with Gasteiger partial charge in [-0.05, 0) is 53.0 Å². The molecule has 0 amide bonds. The third-order valence-electron chi connectivity index (χ3n) is 2.80. The van der Waals surface area contributed by atoms with Gasteiger partial charge in [-0.25, -0.2) is 0 Å². The molecule has 0 aromatic carbocycles. The summed E-state index contributed by atoms with van der Waals surface area (Å²) in [4.78, 5) is 4.47. The van der Waals surface area contributed by atoms with Crippen molar-refractivity contribution in [2.24, 2.45) is 0 Å². The Morgan fingerprint density at radius 3 is 3.12 bits per heavy atom. The molecule has 0 fully saturated rings. The molecule has 1 unspecified atom stereocenters. The van der Waals surface area contributed by atoms with E-state index in [1.165, 1.54) is 5.57 Å². The van der Waals surface area contributed by atoms with Gasteiger partial charge in [0.2, 0.25) is 0 Å². The molecular formula is C13H17BrN2O. The monoisotopic (exact) mass is 296 g/mol. The van der Waals surface area contributed by atoms with Gasteiger partial charge < -0.3 is 10.1 Å². The molecule has 1 atom stereocenters. The third kappa shape index (κ3) is 3.07. The molecule has 0 aliphatic carbocycles. The maximum Gasteiger partial charge on any atom is 0.0876 e. The largest absolute Gasteiger partial charge is 0.501 e. The van der Waals surface area contributed by atoms with Crippen molar-refractivity contribution in [3.05, 3.63) is 40.3 Å². The van der Waals surface area contributed by atoms with E-state index in [0.29, 0.717) is 0 Å². The SMILES string of the molecule is CCNC(C1=COCCC1)c1ncccc1Br. The number of pyridine rings is 1. The standard InChI is InChI=1S/C13H17BrN2O/c1-2-15-12(10-5-4-8-17-9-10)13-11(14)6-3-7-16-13/h3,6-7,9,12,15H,2,4-5,8H2,1H3. The van der Waals surface area contributed by atoms with Crippen molar-refractivity contribution in [2.45, 2.75) is 25.8 Å². The molecule has 1 N–H and O–H groups in total. The van der Waals surface area contributed by atoms with E-state index in [-0.39, 0.29) is 6.04 Å². The van der Waals surface area contributed by atoms with Crippen molar-refractivity contribution in [1.82, 2.24) is 10.3 Å². The number of rotatable bonds is 4. The van der Waals surface area contributed by atoms with Crippen LogP contribution < -0.4 is 5.32 Å². The van der Waals surface area contributed by atoms with Crippen molar-refractivity contribution >= 4 is 15.9 Å².